The zero-order chi connectivity index (χ0) is 24.9. The summed E-state index contributed by atoms with van der Waals surface area (Å²) >= 11 is 0. The molecule has 0 aromatic heterocycles. The summed E-state index contributed by atoms with van der Waals surface area (Å²) in [5, 5.41) is 0. The van der Waals surface area contributed by atoms with Crippen LogP contribution in [0.15, 0.2) is 72.8 Å². The lowest BCUT2D eigenvalue weighted by Gasteiger charge is -2.15. The Labute approximate surface area is 211 Å². The van der Waals surface area contributed by atoms with Gasteiger partial charge in [-0.2, -0.15) is 0 Å². The Hall–Kier alpha value is -3.52. The molecule has 0 aliphatic rings. The highest BCUT2D eigenvalue weighted by molar-refractivity contribution is 5.46. The molecule has 0 unspecified atom stereocenters. The van der Waals surface area contributed by atoms with Gasteiger partial charge in [-0.3, -0.25) is 0 Å². The van der Waals surface area contributed by atoms with E-state index >= 15 is 0 Å². The highest BCUT2D eigenvalue weighted by Crippen LogP contribution is 2.24. The van der Waals surface area contributed by atoms with Crippen molar-refractivity contribution in [2.75, 3.05) is 11.5 Å². The molecule has 2 heteroatoms. The number of hydrogen-bond acceptors (Lipinski definition) is 2. The van der Waals surface area contributed by atoms with Crippen molar-refractivity contribution in [3.8, 4) is 0 Å². The van der Waals surface area contributed by atoms with Crippen molar-refractivity contribution < 1.29 is 0 Å². The van der Waals surface area contributed by atoms with Crippen LogP contribution in [0, 0.1) is 27.7 Å². The van der Waals surface area contributed by atoms with E-state index in [4.69, 9.17) is 11.5 Å². The Kier molecular flexibility index (Phi) is 7.60. The fourth-order valence-electron chi connectivity index (χ4n) is 5.19. The third-order valence-corrected chi connectivity index (χ3v) is 7.16. The van der Waals surface area contributed by atoms with E-state index in [1.165, 1.54) is 55.6 Å². The maximum Gasteiger partial charge on any atom is 0.0314 e. The number of nitrogens with two attached hydrogens (primary N) is 2. The van der Waals surface area contributed by atoms with Crippen molar-refractivity contribution in [1.29, 1.82) is 0 Å². The summed E-state index contributed by atoms with van der Waals surface area (Å²) in [6, 6.07) is 26.0. The van der Waals surface area contributed by atoms with Gasteiger partial charge in [0.05, 0.1) is 0 Å². The van der Waals surface area contributed by atoms with Gasteiger partial charge in [-0.25, -0.2) is 0 Å². The van der Waals surface area contributed by atoms with E-state index < -0.39 is 0 Å². The smallest absolute Gasteiger partial charge is 0.0314 e. The minimum Gasteiger partial charge on any atom is -0.399 e. The van der Waals surface area contributed by atoms with Crippen LogP contribution in [0.1, 0.15) is 62.1 Å². The van der Waals surface area contributed by atoms with Crippen molar-refractivity contribution in [2.45, 2.75) is 59.8 Å². The summed E-state index contributed by atoms with van der Waals surface area (Å²) in [5.41, 5.74) is 27.2. The largest absolute Gasteiger partial charge is 0.399 e. The summed E-state index contributed by atoms with van der Waals surface area (Å²) in [4.78, 5) is 0. The Morgan fingerprint density at radius 3 is 1.09 bits per heavy atom. The molecule has 4 aromatic carbocycles. The van der Waals surface area contributed by atoms with Gasteiger partial charge < -0.3 is 11.5 Å². The average Bonchev–Trinajstić information content (AvgIpc) is 2.81. The first-order valence-electron chi connectivity index (χ1n) is 12.7. The highest BCUT2D eigenvalue weighted by Gasteiger charge is 2.09. The first kappa shape index (κ1) is 24.6. The predicted molar refractivity (Wildman–Crippen MR) is 151 cm³/mol. The molecule has 0 amide bonds. The van der Waals surface area contributed by atoms with Crippen molar-refractivity contribution in [1.82, 2.24) is 0 Å². The lowest BCUT2D eigenvalue weighted by atomic mass is 9.91. The molecule has 0 aliphatic heterocycles. The van der Waals surface area contributed by atoms with Crippen LogP contribution in [0.4, 0.5) is 11.4 Å². The van der Waals surface area contributed by atoms with Gasteiger partial charge in [0.1, 0.15) is 0 Å². The van der Waals surface area contributed by atoms with E-state index in [1.54, 1.807) is 0 Å². The molecule has 4 rings (SSSR count). The summed E-state index contributed by atoms with van der Waals surface area (Å²) in [5.74, 6) is 0. The zero-order valence-corrected chi connectivity index (χ0v) is 21.6. The fraction of sp³-hybridized carbons (Fsp3) is 0.273. The minimum absolute atomic E-state index is 0.819. The minimum atomic E-state index is 0.819. The van der Waals surface area contributed by atoms with Crippen LogP contribution in [0.2, 0.25) is 0 Å². The molecule has 0 radical (unpaired) electrons. The molecular formula is C33H38N2. The van der Waals surface area contributed by atoms with Crippen LogP contribution < -0.4 is 11.5 Å². The molecule has 0 heterocycles. The van der Waals surface area contributed by atoms with E-state index in [9.17, 15) is 0 Å². The monoisotopic (exact) mass is 462 g/mol. The first-order chi connectivity index (χ1) is 16.8. The van der Waals surface area contributed by atoms with Gasteiger partial charge in [0.15, 0.2) is 0 Å². The van der Waals surface area contributed by atoms with Gasteiger partial charge in [0.2, 0.25) is 0 Å². The van der Waals surface area contributed by atoms with Gasteiger partial charge in [0.25, 0.3) is 0 Å². The Morgan fingerprint density at radius 2 is 0.771 bits per heavy atom. The summed E-state index contributed by atoms with van der Waals surface area (Å²) in [7, 11) is 0. The van der Waals surface area contributed by atoms with Crippen LogP contribution in [-0.2, 0) is 25.7 Å². The average molecular weight is 463 g/mol. The van der Waals surface area contributed by atoms with E-state index in [-0.39, 0.29) is 0 Å². The molecule has 0 fully saturated rings. The SMILES string of the molecule is Cc1cc(CCCc2cc(C)c(Cc3ccc(N)cc3)c(C)c2)cc(C)c1Cc1ccc(N)cc1. The molecule has 4 N–H and O–H groups in total. The number of rotatable bonds is 8. The second-order valence-corrected chi connectivity index (χ2v) is 10.1. The standard InChI is InChI=1S/C33H38N2/c1-22-16-28(17-23(2)32(22)20-26-8-12-30(34)13-9-26)6-5-7-29-18-24(3)33(25(4)19-29)21-27-10-14-31(35)15-11-27/h8-19H,5-7,20-21,34-35H2,1-4H3. The Morgan fingerprint density at radius 1 is 0.457 bits per heavy atom. The maximum absolute atomic E-state index is 5.84. The topological polar surface area (TPSA) is 52.0 Å². The maximum atomic E-state index is 5.84. The van der Waals surface area contributed by atoms with Crippen LogP contribution >= 0.6 is 0 Å². The lowest BCUT2D eigenvalue weighted by molar-refractivity contribution is 0.815. The Balaban J connectivity index is 1.38. The van der Waals surface area contributed by atoms with E-state index in [0.717, 1.165) is 43.5 Å². The quantitative estimate of drug-likeness (QED) is 0.267. The Bertz CT molecular complexity index is 1150. The van der Waals surface area contributed by atoms with E-state index in [2.05, 4.69) is 76.2 Å². The predicted octanol–water partition coefficient (Wildman–Crippen LogP) is 7.44. The molecule has 2 nitrogen and oxygen atoms in total. The normalized spacial score (nSPS) is 11.1. The molecule has 0 atom stereocenters. The number of anilines is 2. The third-order valence-electron chi connectivity index (χ3n) is 7.16. The number of nitrogen functional groups attached to an aromatic ring is 2. The highest BCUT2D eigenvalue weighted by atomic mass is 14.5. The molecule has 0 saturated carbocycles. The van der Waals surface area contributed by atoms with Crippen molar-refractivity contribution in [3.63, 3.8) is 0 Å². The van der Waals surface area contributed by atoms with E-state index in [0.29, 0.717) is 0 Å². The van der Waals surface area contributed by atoms with Gasteiger partial charge in [0, 0.05) is 11.4 Å². The number of hydrogen-bond donors (Lipinski definition) is 2. The van der Waals surface area contributed by atoms with Crippen LogP contribution in [-0.4, -0.2) is 0 Å². The van der Waals surface area contributed by atoms with Crippen LogP contribution in [0.5, 0.6) is 0 Å². The molecular weight excluding hydrogens is 424 g/mol. The summed E-state index contributed by atoms with van der Waals surface area (Å²) in [6.45, 7) is 8.98. The number of benzene rings is 4. The van der Waals surface area contributed by atoms with Gasteiger partial charge in [-0.1, -0.05) is 48.5 Å². The molecule has 4 aromatic rings. The molecule has 0 spiro atoms. The second kappa shape index (κ2) is 10.8. The molecule has 0 saturated heterocycles. The molecule has 180 valence electrons. The number of aryl methyl sites for hydroxylation is 6. The van der Waals surface area contributed by atoms with Gasteiger partial charge in [-0.05, 0) is 140 Å². The fourth-order valence-corrected chi connectivity index (χ4v) is 5.19. The molecule has 0 aliphatic carbocycles. The summed E-state index contributed by atoms with van der Waals surface area (Å²) in [6.07, 6.45) is 5.29. The second-order valence-electron chi connectivity index (χ2n) is 10.1. The molecule has 0 bridgehead atoms. The summed E-state index contributed by atoms with van der Waals surface area (Å²) < 4.78 is 0. The molecule has 35 heavy (non-hydrogen) atoms. The van der Waals surface area contributed by atoms with Crippen LogP contribution in [0.3, 0.4) is 0 Å². The van der Waals surface area contributed by atoms with Crippen molar-refractivity contribution in [3.05, 3.63) is 128 Å². The van der Waals surface area contributed by atoms with Gasteiger partial charge >= 0.3 is 0 Å². The lowest BCUT2D eigenvalue weighted by Crippen LogP contribution is -2.01. The third kappa shape index (κ3) is 6.33. The van der Waals surface area contributed by atoms with Gasteiger partial charge in [-0.15, -0.1) is 0 Å². The van der Waals surface area contributed by atoms with Crippen LogP contribution in [0.25, 0.3) is 0 Å². The first-order valence-corrected chi connectivity index (χ1v) is 12.7. The van der Waals surface area contributed by atoms with Crippen molar-refractivity contribution >= 4 is 11.4 Å². The van der Waals surface area contributed by atoms with E-state index in [1.807, 2.05) is 24.3 Å². The zero-order valence-electron chi connectivity index (χ0n) is 21.6. The van der Waals surface area contributed by atoms with Crippen molar-refractivity contribution in [2.24, 2.45) is 0 Å².